The van der Waals surface area contributed by atoms with Gasteiger partial charge < -0.3 is 5.32 Å². The fourth-order valence-corrected chi connectivity index (χ4v) is 4.16. The van der Waals surface area contributed by atoms with E-state index in [2.05, 4.69) is 21.2 Å². The van der Waals surface area contributed by atoms with Crippen molar-refractivity contribution in [1.29, 1.82) is 0 Å². The zero-order chi connectivity index (χ0) is 19.5. The maximum absolute atomic E-state index is 12.5. The van der Waals surface area contributed by atoms with E-state index in [9.17, 15) is 4.79 Å². The number of aromatic nitrogens is 1. The van der Waals surface area contributed by atoms with Gasteiger partial charge >= 0.3 is 0 Å². The number of amides is 1. The normalized spacial score (nSPS) is 10.6. The molecule has 1 heterocycles. The van der Waals surface area contributed by atoms with Crippen LogP contribution in [-0.4, -0.2) is 10.9 Å². The summed E-state index contributed by atoms with van der Waals surface area (Å²) in [5.41, 5.74) is 4.15. The van der Waals surface area contributed by atoms with Gasteiger partial charge in [0, 0.05) is 31.7 Å². The molecule has 0 radical (unpaired) electrons. The van der Waals surface area contributed by atoms with Gasteiger partial charge in [0.15, 0.2) is 0 Å². The highest BCUT2D eigenvalue weighted by Gasteiger charge is 2.11. The molecule has 6 heteroatoms. The molecule has 4 aromatic rings. The molecule has 3 aromatic carbocycles. The van der Waals surface area contributed by atoms with Gasteiger partial charge in [0.25, 0.3) is 5.91 Å². The van der Waals surface area contributed by atoms with Crippen LogP contribution in [0.2, 0.25) is 5.02 Å². The zero-order valence-corrected chi connectivity index (χ0v) is 17.7. The van der Waals surface area contributed by atoms with Gasteiger partial charge in [0.2, 0.25) is 0 Å². The topological polar surface area (TPSA) is 42.0 Å². The average molecular weight is 470 g/mol. The Bertz CT molecular complexity index is 1140. The van der Waals surface area contributed by atoms with Crippen molar-refractivity contribution in [3.63, 3.8) is 0 Å². The van der Waals surface area contributed by atoms with Gasteiger partial charge in [-0.1, -0.05) is 48.0 Å². The van der Waals surface area contributed by atoms with Crippen LogP contribution >= 0.6 is 38.9 Å². The molecule has 28 heavy (non-hydrogen) atoms. The number of carbonyl (C=O) groups is 1. The molecule has 0 aliphatic rings. The maximum atomic E-state index is 12.5. The van der Waals surface area contributed by atoms with Crippen LogP contribution in [0.15, 0.2) is 82.6 Å². The predicted octanol–water partition coefficient (Wildman–Crippen LogP) is 7.15. The number of anilines is 1. The minimum Gasteiger partial charge on any atom is -0.322 e. The van der Waals surface area contributed by atoms with Crippen molar-refractivity contribution in [2.45, 2.75) is 0 Å². The summed E-state index contributed by atoms with van der Waals surface area (Å²) in [6.45, 7) is 0. The summed E-state index contributed by atoms with van der Waals surface area (Å²) in [5.74, 6) is -0.162. The summed E-state index contributed by atoms with van der Waals surface area (Å²) in [5, 5.41) is 6.59. The number of halogens is 2. The van der Waals surface area contributed by atoms with Gasteiger partial charge in [-0.05, 0) is 52.3 Å². The minimum absolute atomic E-state index is 0.162. The van der Waals surface area contributed by atoms with Crippen LogP contribution in [0.5, 0.6) is 0 Å². The van der Waals surface area contributed by atoms with Crippen LogP contribution < -0.4 is 5.32 Å². The number of rotatable bonds is 4. The van der Waals surface area contributed by atoms with Gasteiger partial charge in [0.1, 0.15) is 5.01 Å². The molecular weight excluding hydrogens is 456 g/mol. The minimum atomic E-state index is -0.162. The number of thiazole rings is 1. The molecule has 4 rings (SSSR count). The Morgan fingerprint density at radius 3 is 2.54 bits per heavy atom. The van der Waals surface area contributed by atoms with Crippen molar-refractivity contribution in [2.75, 3.05) is 5.32 Å². The van der Waals surface area contributed by atoms with Crippen LogP contribution in [-0.2, 0) is 0 Å². The molecule has 0 bridgehead atoms. The summed E-state index contributed by atoms with van der Waals surface area (Å²) in [7, 11) is 0. The number of benzene rings is 3. The van der Waals surface area contributed by atoms with Gasteiger partial charge in [-0.15, -0.1) is 11.3 Å². The smallest absolute Gasteiger partial charge is 0.256 e. The van der Waals surface area contributed by atoms with E-state index in [0.717, 1.165) is 32.0 Å². The Balaban J connectivity index is 1.57. The SMILES string of the molecule is O=C(Nc1cccc(-c2csc(-c3ccc(Cl)cc3)n2)c1)c1ccccc1Br. The highest BCUT2D eigenvalue weighted by atomic mass is 79.9. The van der Waals surface area contributed by atoms with Crippen molar-refractivity contribution >= 4 is 50.5 Å². The first-order valence-electron chi connectivity index (χ1n) is 8.48. The summed E-state index contributed by atoms with van der Waals surface area (Å²) >= 11 is 10.9. The largest absolute Gasteiger partial charge is 0.322 e. The predicted molar refractivity (Wildman–Crippen MR) is 120 cm³/mol. The lowest BCUT2D eigenvalue weighted by atomic mass is 10.1. The Morgan fingerprint density at radius 1 is 0.964 bits per heavy atom. The van der Waals surface area contributed by atoms with E-state index in [4.69, 9.17) is 16.6 Å². The standard InChI is InChI=1S/C22H14BrClN2OS/c23-19-7-2-1-6-18(19)21(27)25-17-5-3-4-15(12-17)20-13-28-22(26-20)14-8-10-16(24)11-9-14/h1-13H,(H,25,27). The van der Waals surface area contributed by atoms with E-state index in [1.165, 1.54) is 0 Å². The molecule has 1 aromatic heterocycles. The van der Waals surface area contributed by atoms with Crippen molar-refractivity contribution in [1.82, 2.24) is 4.98 Å². The van der Waals surface area contributed by atoms with Crippen molar-refractivity contribution in [3.8, 4) is 21.8 Å². The molecule has 3 nitrogen and oxygen atoms in total. The maximum Gasteiger partial charge on any atom is 0.256 e. The molecule has 0 aliphatic carbocycles. The summed E-state index contributed by atoms with van der Waals surface area (Å²) < 4.78 is 0.760. The second-order valence-corrected chi connectivity index (χ2v) is 8.21. The van der Waals surface area contributed by atoms with Gasteiger partial charge in [0.05, 0.1) is 11.3 Å². The molecule has 0 aliphatic heterocycles. The monoisotopic (exact) mass is 468 g/mol. The number of nitrogens with one attached hydrogen (secondary N) is 1. The molecule has 138 valence electrons. The molecule has 0 atom stereocenters. The fourth-order valence-electron chi connectivity index (χ4n) is 2.73. The second-order valence-electron chi connectivity index (χ2n) is 6.06. The van der Waals surface area contributed by atoms with Gasteiger partial charge in [-0.2, -0.15) is 0 Å². The van der Waals surface area contributed by atoms with Crippen molar-refractivity contribution < 1.29 is 4.79 Å². The molecule has 0 spiro atoms. The molecule has 0 saturated heterocycles. The summed E-state index contributed by atoms with van der Waals surface area (Å²) in [6, 6.07) is 22.7. The molecule has 0 saturated carbocycles. The van der Waals surface area contributed by atoms with E-state index in [1.807, 2.05) is 72.1 Å². The van der Waals surface area contributed by atoms with Crippen molar-refractivity contribution in [2.24, 2.45) is 0 Å². The van der Waals surface area contributed by atoms with E-state index in [0.29, 0.717) is 10.6 Å². The molecule has 1 amide bonds. The molecule has 1 N–H and O–H groups in total. The molecular formula is C22H14BrClN2OS. The van der Waals surface area contributed by atoms with E-state index in [-0.39, 0.29) is 5.91 Å². The fraction of sp³-hybridized carbons (Fsp3) is 0. The highest BCUT2D eigenvalue weighted by molar-refractivity contribution is 9.10. The third-order valence-corrected chi connectivity index (χ3v) is 5.96. The Hall–Kier alpha value is -2.47. The van der Waals surface area contributed by atoms with Crippen LogP contribution in [0.4, 0.5) is 5.69 Å². The lowest BCUT2D eigenvalue weighted by molar-refractivity contribution is 0.102. The lowest BCUT2D eigenvalue weighted by Gasteiger charge is -2.08. The van der Waals surface area contributed by atoms with Crippen LogP contribution in [0, 0.1) is 0 Å². The van der Waals surface area contributed by atoms with Crippen LogP contribution in [0.3, 0.4) is 0 Å². The van der Waals surface area contributed by atoms with Gasteiger partial charge in [-0.3, -0.25) is 4.79 Å². The number of nitrogens with zero attached hydrogens (tertiary/aromatic N) is 1. The first-order valence-corrected chi connectivity index (χ1v) is 10.5. The molecule has 0 fully saturated rings. The lowest BCUT2D eigenvalue weighted by Crippen LogP contribution is -2.12. The Labute approximate surface area is 180 Å². The first kappa shape index (κ1) is 18.9. The third-order valence-electron chi connectivity index (χ3n) is 4.13. The Morgan fingerprint density at radius 2 is 1.75 bits per heavy atom. The van der Waals surface area contributed by atoms with Gasteiger partial charge in [-0.25, -0.2) is 4.98 Å². The van der Waals surface area contributed by atoms with E-state index in [1.54, 1.807) is 17.4 Å². The van der Waals surface area contributed by atoms with Crippen LogP contribution in [0.25, 0.3) is 21.8 Å². The summed E-state index contributed by atoms with van der Waals surface area (Å²) in [4.78, 5) is 17.3. The van der Waals surface area contributed by atoms with Crippen LogP contribution in [0.1, 0.15) is 10.4 Å². The Kier molecular flexibility index (Phi) is 5.57. The second kappa shape index (κ2) is 8.27. The number of carbonyl (C=O) groups excluding carboxylic acids is 1. The molecule has 0 unspecified atom stereocenters. The quantitative estimate of drug-likeness (QED) is 0.345. The number of hydrogen-bond acceptors (Lipinski definition) is 3. The third kappa shape index (κ3) is 4.17. The average Bonchev–Trinajstić information content (AvgIpc) is 3.19. The zero-order valence-electron chi connectivity index (χ0n) is 14.5. The number of hydrogen-bond donors (Lipinski definition) is 1. The van der Waals surface area contributed by atoms with Crippen molar-refractivity contribution in [3.05, 3.63) is 93.2 Å². The van der Waals surface area contributed by atoms with E-state index >= 15 is 0 Å². The van der Waals surface area contributed by atoms with E-state index < -0.39 is 0 Å². The highest BCUT2D eigenvalue weighted by Crippen LogP contribution is 2.30. The first-order chi connectivity index (χ1) is 13.6. The summed E-state index contributed by atoms with van der Waals surface area (Å²) in [6.07, 6.45) is 0.